The smallest absolute Gasteiger partial charge is 0.146 e. The Morgan fingerprint density at radius 1 is 1.37 bits per heavy atom. The summed E-state index contributed by atoms with van der Waals surface area (Å²) in [6.07, 6.45) is 1.77. The van der Waals surface area contributed by atoms with E-state index < -0.39 is 0 Å². The maximum absolute atomic E-state index is 14.2. The fourth-order valence-electron chi connectivity index (χ4n) is 3.67. The molecule has 1 aromatic carbocycles. The van der Waals surface area contributed by atoms with Crippen LogP contribution in [0.4, 0.5) is 10.1 Å². The average Bonchev–Trinajstić information content (AvgIpc) is 2.93. The number of hydrogen-bond acceptors (Lipinski definition) is 3. The molecule has 0 radical (unpaired) electrons. The highest BCUT2D eigenvalue weighted by Crippen LogP contribution is 2.41. The van der Waals surface area contributed by atoms with E-state index in [1.54, 1.807) is 6.07 Å². The first-order valence-electron chi connectivity index (χ1n) is 7.05. The molecule has 2 N–H and O–H groups in total. The van der Waals surface area contributed by atoms with Crippen LogP contribution in [0.15, 0.2) is 18.2 Å². The number of fused-ring (bicyclic) bond motifs is 1. The zero-order chi connectivity index (χ0) is 13.4. The summed E-state index contributed by atoms with van der Waals surface area (Å²) in [4.78, 5) is 2.12. The molecule has 0 bridgehead atoms. The third kappa shape index (κ3) is 2.23. The van der Waals surface area contributed by atoms with Gasteiger partial charge in [-0.1, -0.05) is 12.1 Å². The fourth-order valence-corrected chi connectivity index (χ4v) is 3.67. The van der Waals surface area contributed by atoms with E-state index in [1.807, 2.05) is 13.1 Å². The average molecular weight is 264 g/mol. The summed E-state index contributed by atoms with van der Waals surface area (Å²) < 4.78 is 14.2. The van der Waals surface area contributed by atoms with Gasteiger partial charge in [-0.05, 0) is 37.4 Å². The second-order valence-corrected chi connectivity index (χ2v) is 5.75. The van der Waals surface area contributed by atoms with E-state index in [0.717, 1.165) is 37.2 Å². The third-order valence-electron chi connectivity index (χ3n) is 4.57. The maximum Gasteiger partial charge on any atom is 0.146 e. The number of nitrogens with zero attached hydrogens (tertiary/aromatic N) is 1. The molecular formula is C15H21FN2O. The van der Waals surface area contributed by atoms with Crippen molar-refractivity contribution >= 4 is 5.69 Å². The fraction of sp³-hybridized carbons (Fsp3) is 0.600. The minimum atomic E-state index is -0.200. The van der Waals surface area contributed by atoms with Gasteiger partial charge >= 0.3 is 0 Å². The monoisotopic (exact) mass is 264 g/mol. The second-order valence-electron chi connectivity index (χ2n) is 5.75. The molecular weight excluding hydrogens is 243 g/mol. The van der Waals surface area contributed by atoms with Crippen LogP contribution in [0.1, 0.15) is 18.4 Å². The highest BCUT2D eigenvalue weighted by atomic mass is 19.1. The number of benzene rings is 1. The molecule has 4 heteroatoms. The van der Waals surface area contributed by atoms with Crippen LogP contribution in [0.3, 0.4) is 0 Å². The molecule has 3 rings (SSSR count). The van der Waals surface area contributed by atoms with E-state index in [1.165, 1.54) is 6.07 Å². The molecule has 19 heavy (non-hydrogen) atoms. The summed E-state index contributed by atoms with van der Waals surface area (Å²) >= 11 is 0. The summed E-state index contributed by atoms with van der Waals surface area (Å²) in [7, 11) is 1.87. The van der Waals surface area contributed by atoms with Crippen LogP contribution < -0.4 is 10.2 Å². The van der Waals surface area contributed by atoms with Gasteiger partial charge in [-0.15, -0.1) is 0 Å². The molecule has 104 valence electrons. The minimum absolute atomic E-state index is 0.151. The Bertz CT molecular complexity index is 465. The number of nitrogens with one attached hydrogen (secondary N) is 1. The van der Waals surface area contributed by atoms with Gasteiger partial charge in [-0.3, -0.25) is 0 Å². The molecule has 1 heterocycles. The van der Waals surface area contributed by atoms with Crippen LogP contribution >= 0.6 is 0 Å². The van der Waals surface area contributed by atoms with Gasteiger partial charge in [-0.2, -0.15) is 0 Å². The zero-order valence-electron chi connectivity index (χ0n) is 11.3. The Kier molecular flexibility index (Phi) is 3.46. The first-order chi connectivity index (χ1) is 9.20. The lowest BCUT2D eigenvalue weighted by atomic mass is 10.00. The van der Waals surface area contributed by atoms with Gasteiger partial charge in [-0.25, -0.2) is 4.39 Å². The Morgan fingerprint density at radius 3 is 2.95 bits per heavy atom. The van der Waals surface area contributed by atoms with Crippen molar-refractivity contribution in [1.82, 2.24) is 5.32 Å². The lowest BCUT2D eigenvalue weighted by molar-refractivity contribution is 0.133. The molecule has 1 aliphatic carbocycles. The summed E-state index contributed by atoms with van der Waals surface area (Å²) in [6.45, 7) is 2.32. The molecule has 3 nitrogen and oxygen atoms in total. The van der Waals surface area contributed by atoms with E-state index in [2.05, 4.69) is 10.2 Å². The van der Waals surface area contributed by atoms with Gasteiger partial charge < -0.3 is 15.3 Å². The predicted octanol–water partition coefficient (Wildman–Crippen LogP) is 1.75. The van der Waals surface area contributed by atoms with Gasteiger partial charge in [0.2, 0.25) is 0 Å². The van der Waals surface area contributed by atoms with E-state index in [0.29, 0.717) is 18.4 Å². The Morgan fingerprint density at radius 2 is 2.21 bits per heavy atom. The Hall–Kier alpha value is -1.13. The number of para-hydroxylation sites is 1. The van der Waals surface area contributed by atoms with Gasteiger partial charge in [0.15, 0.2) is 0 Å². The lowest BCUT2D eigenvalue weighted by Crippen LogP contribution is -2.26. The van der Waals surface area contributed by atoms with Crippen molar-refractivity contribution in [3.8, 4) is 0 Å². The number of aliphatic hydroxyl groups is 1. The molecule has 2 fully saturated rings. The standard InChI is InChI=1S/C15H21FN2O/c1-17-7-10-3-2-4-13(16)15(10)18-8-11-5-6-14(19)12(11)9-18/h2-4,11-12,14,17,19H,5-9H2,1H3. The highest BCUT2D eigenvalue weighted by Gasteiger charge is 2.42. The summed E-state index contributed by atoms with van der Waals surface area (Å²) in [5, 5.41) is 13.1. The summed E-state index contributed by atoms with van der Waals surface area (Å²) in [5.41, 5.74) is 1.72. The summed E-state index contributed by atoms with van der Waals surface area (Å²) in [5.74, 6) is 0.696. The second kappa shape index (κ2) is 5.10. The van der Waals surface area contributed by atoms with Crippen molar-refractivity contribution < 1.29 is 9.50 Å². The van der Waals surface area contributed by atoms with Crippen LogP contribution in [-0.4, -0.2) is 31.3 Å². The van der Waals surface area contributed by atoms with E-state index >= 15 is 0 Å². The largest absolute Gasteiger partial charge is 0.393 e. The SMILES string of the molecule is CNCc1cccc(F)c1N1CC2CCC(O)C2C1. The first-order valence-corrected chi connectivity index (χ1v) is 7.05. The predicted molar refractivity (Wildman–Crippen MR) is 73.6 cm³/mol. The van der Waals surface area contributed by atoms with Crippen molar-refractivity contribution in [2.24, 2.45) is 11.8 Å². The molecule has 1 saturated heterocycles. The van der Waals surface area contributed by atoms with Crippen molar-refractivity contribution in [2.45, 2.75) is 25.5 Å². The summed E-state index contributed by atoms with van der Waals surface area (Å²) in [6, 6.07) is 5.26. The lowest BCUT2D eigenvalue weighted by Gasteiger charge is -2.24. The van der Waals surface area contributed by atoms with Crippen molar-refractivity contribution in [3.05, 3.63) is 29.6 Å². The van der Waals surface area contributed by atoms with Gasteiger partial charge in [0.05, 0.1) is 11.8 Å². The number of halogens is 1. The van der Waals surface area contributed by atoms with Crippen molar-refractivity contribution in [3.63, 3.8) is 0 Å². The molecule has 3 atom stereocenters. The quantitative estimate of drug-likeness (QED) is 0.873. The zero-order valence-corrected chi connectivity index (χ0v) is 11.3. The number of aliphatic hydroxyl groups excluding tert-OH is 1. The van der Waals surface area contributed by atoms with Crippen molar-refractivity contribution in [2.75, 3.05) is 25.0 Å². The van der Waals surface area contributed by atoms with Gasteiger partial charge in [0.1, 0.15) is 5.82 Å². The Balaban J connectivity index is 1.87. The topological polar surface area (TPSA) is 35.5 Å². The molecule has 0 spiro atoms. The van der Waals surface area contributed by atoms with E-state index in [4.69, 9.17) is 0 Å². The first kappa shape index (κ1) is 12.9. The van der Waals surface area contributed by atoms with Crippen LogP contribution in [0.25, 0.3) is 0 Å². The number of anilines is 1. The molecule has 0 aromatic heterocycles. The number of rotatable bonds is 3. The Labute approximate surface area is 113 Å². The molecule has 0 amide bonds. The molecule has 1 aromatic rings. The van der Waals surface area contributed by atoms with Crippen LogP contribution in [-0.2, 0) is 6.54 Å². The van der Waals surface area contributed by atoms with Crippen molar-refractivity contribution in [1.29, 1.82) is 0 Å². The van der Waals surface area contributed by atoms with E-state index in [9.17, 15) is 9.50 Å². The van der Waals surface area contributed by atoms with Crippen LogP contribution in [0.5, 0.6) is 0 Å². The third-order valence-corrected chi connectivity index (χ3v) is 4.57. The minimum Gasteiger partial charge on any atom is -0.393 e. The van der Waals surface area contributed by atoms with E-state index in [-0.39, 0.29) is 11.9 Å². The molecule has 1 saturated carbocycles. The molecule has 3 unspecified atom stereocenters. The van der Waals surface area contributed by atoms with Crippen LogP contribution in [0.2, 0.25) is 0 Å². The normalized spacial score (nSPS) is 29.8. The highest BCUT2D eigenvalue weighted by molar-refractivity contribution is 5.56. The van der Waals surface area contributed by atoms with Gasteiger partial charge in [0.25, 0.3) is 0 Å². The number of hydrogen-bond donors (Lipinski definition) is 2. The molecule has 1 aliphatic heterocycles. The van der Waals surface area contributed by atoms with Crippen LogP contribution in [0, 0.1) is 17.7 Å². The maximum atomic E-state index is 14.2. The van der Waals surface area contributed by atoms with Gasteiger partial charge in [0, 0.05) is 25.6 Å². The molecule has 2 aliphatic rings.